The van der Waals surface area contributed by atoms with E-state index in [2.05, 4.69) is 13.8 Å². The number of benzene rings is 1. The topological polar surface area (TPSA) is 189 Å². The molecule has 8 atom stereocenters. The Morgan fingerprint density at radius 1 is 0.700 bits per heavy atom. The molecular weight excluding hydrogens is 780 g/mol. The highest BCUT2D eigenvalue weighted by Crippen LogP contribution is 2.24. The van der Waals surface area contributed by atoms with E-state index in [1.165, 1.54) is 0 Å². The van der Waals surface area contributed by atoms with E-state index in [1.807, 2.05) is 6.07 Å². The number of aliphatic hydroxyl groups is 1. The first-order chi connectivity index (χ1) is 28.2. The summed E-state index contributed by atoms with van der Waals surface area (Å²) in [6.45, 7) is 19.8. The molecule has 2 saturated heterocycles. The Labute approximate surface area is 356 Å². The van der Waals surface area contributed by atoms with Crippen LogP contribution in [0.4, 0.5) is 0 Å². The minimum absolute atomic E-state index is 0.0287. The largest absolute Gasteiger partial charge is 0.460 e. The van der Waals surface area contributed by atoms with Gasteiger partial charge in [0, 0.05) is 32.8 Å². The Morgan fingerprint density at radius 3 is 1.62 bits per heavy atom. The normalized spacial score (nSPS) is 25.9. The van der Waals surface area contributed by atoms with E-state index in [9.17, 15) is 29.1 Å². The molecule has 15 heteroatoms. The lowest BCUT2D eigenvalue weighted by Crippen LogP contribution is -2.46. The third-order valence-electron chi connectivity index (χ3n) is 9.27. The zero-order valence-corrected chi connectivity index (χ0v) is 37.6. The molecule has 0 aromatic heterocycles. The molecule has 0 bridgehead atoms. The van der Waals surface area contributed by atoms with E-state index < -0.39 is 89.5 Å². The lowest BCUT2D eigenvalue weighted by molar-refractivity contribution is -0.176. The van der Waals surface area contributed by atoms with E-state index in [1.54, 1.807) is 79.7 Å². The number of cyclic esters (lactones) is 2. The van der Waals surface area contributed by atoms with Crippen LogP contribution in [0.3, 0.4) is 0 Å². The van der Waals surface area contributed by atoms with Crippen LogP contribution in [-0.2, 0) is 61.8 Å². The number of hydrogen-bond donors (Lipinski definition) is 1. The number of esters is 5. The average Bonchev–Trinajstić information content (AvgIpc) is 3.16. The molecule has 2 heterocycles. The van der Waals surface area contributed by atoms with Crippen molar-refractivity contribution in [1.29, 1.82) is 0 Å². The number of aliphatic hydroxyl groups excluding tert-OH is 1. The van der Waals surface area contributed by atoms with Crippen LogP contribution in [-0.4, -0.2) is 122 Å². The van der Waals surface area contributed by atoms with E-state index in [4.69, 9.17) is 42.6 Å². The quantitative estimate of drug-likeness (QED) is 0.124. The van der Waals surface area contributed by atoms with Crippen LogP contribution >= 0.6 is 0 Å². The van der Waals surface area contributed by atoms with Crippen LogP contribution in [0.1, 0.15) is 131 Å². The van der Waals surface area contributed by atoms with Crippen molar-refractivity contribution in [3.63, 3.8) is 0 Å². The minimum atomic E-state index is -0.945. The Balaban J connectivity index is 0.000000429. The predicted octanol–water partition coefficient (Wildman–Crippen LogP) is 6.33. The van der Waals surface area contributed by atoms with Crippen molar-refractivity contribution in [2.45, 2.75) is 168 Å². The summed E-state index contributed by atoms with van der Waals surface area (Å²) < 4.78 is 50.5. The summed E-state index contributed by atoms with van der Waals surface area (Å²) in [5.41, 5.74) is -0.889. The minimum Gasteiger partial charge on any atom is -0.460 e. The third-order valence-corrected chi connectivity index (χ3v) is 9.27. The van der Waals surface area contributed by atoms with Crippen molar-refractivity contribution in [3.05, 3.63) is 35.9 Å². The summed E-state index contributed by atoms with van der Waals surface area (Å²) in [4.78, 5) is 62.4. The van der Waals surface area contributed by atoms with Crippen LogP contribution in [0.25, 0.3) is 0 Å². The van der Waals surface area contributed by atoms with E-state index in [-0.39, 0.29) is 32.7 Å². The van der Waals surface area contributed by atoms with Crippen molar-refractivity contribution < 1.29 is 71.7 Å². The number of carbonyl (C=O) groups excluding carboxylic acids is 5. The van der Waals surface area contributed by atoms with Crippen molar-refractivity contribution in [1.82, 2.24) is 0 Å². The van der Waals surface area contributed by atoms with Gasteiger partial charge in [-0.3, -0.25) is 19.2 Å². The number of hydrogen-bond acceptors (Lipinski definition) is 15. The highest BCUT2D eigenvalue weighted by Gasteiger charge is 2.38. The molecule has 342 valence electrons. The standard InChI is InChI=1S/C26H38O8.C19H34O7/c1-6-7-14-31-21-13-15-30-17-20(16-22(27)34-26(3,4)5)25(29)32-18(2)23(21)33-24(28)19-11-9-8-10-12-19;1-6-7-9-24-15-8-10-23-12-14(11-16(20)26-19(3,4)5)18(22)25-13(2)17(15)21/h8-12,18,20-21,23H,6-7,13-17H2,1-5H3;13-15,17,21H,6-12H2,1-5H3/t18-,20-,21-,23-;13-,14-,15-,17-/m00/s1. The first-order valence-electron chi connectivity index (χ1n) is 21.4. The van der Waals surface area contributed by atoms with Gasteiger partial charge in [0.05, 0.1) is 49.6 Å². The van der Waals surface area contributed by atoms with Gasteiger partial charge in [0.2, 0.25) is 0 Å². The Kier molecular flexibility index (Phi) is 23.3. The molecule has 15 nitrogen and oxygen atoms in total. The van der Waals surface area contributed by atoms with E-state index >= 15 is 0 Å². The molecule has 0 amide bonds. The van der Waals surface area contributed by atoms with Crippen LogP contribution in [0.15, 0.2) is 30.3 Å². The number of rotatable bonds is 14. The van der Waals surface area contributed by atoms with Gasteiger partial charge in [0.1, 0.15) is 35.6 Å². The molecule has 2 aliphatic rings. The second-order valence-corrected chi connectivity index (χ2v) is 17.2. The molecule has 2 fully saturated rings. The molecule has 1 N–H and O–H groups in total. The highest BCUT2D eigenvalue weighted by atomic mass is 16.6. The maximum absolute atomic E-state index is 12.9. The molecule has 0 aliphatic carbocycles. The van der Waals surface area contributed by atoms with E-state index in [0.29, 0.717) is 38.2 Å². The zero-order valence-electron chi connectivity index (χ0n) is 37.6. The summed E-state index contributed by atoms with van der Waals surface area (Å²) in [6.07, 6.45) is 0.101. The van der Waals surface area contributed by atoms with Gasteiger partial charge in [-0.25, -0.2) is 4.79 Å². The fourth-order valence-electron chi connectivity index (χ4n) is 6.13. The number of carbonyl (C=O) groups is 5. The van der Waals surface area contributed by atoms with E-state index in [0.717, 1.165) is 25.7 Å². The van der Waals surface area contributed by atoms with Crippen molar-refractivity contribution in [2.24, 2.45) is 11.8 Å². The predicted molar refractivity (Wildman–Crippen MR) is 221 cm³/mol. The van der Waals surface area contributed by atoms with Gasteiger partial charge in [0.15, 0.2) is 6.10 Å². The molecule has 0 spiro atoms. The third kappa shape index (κ3) is 20.8. The summed E-state index contributed by atoms with van der Waals surface area (Å²) in [7, 11) is 0. The molecule has 60 heavy (non-hydrogen) atoms. The lowest BCUT2D eigenvalue weighted by Gasteiger charge is -2.33. The average molecular weight is 853 g/mol. The van der Waals surface area contributed by atoms with Crippen LogP contribution < -0.4 is 0 Å². The second-order valence-electron chi connectivity index (χ2n) is 17.2. The number of unbranched alkanes of at least 4 members (excludes halogenated alkanes) is 2. The van der Waals surface area contributed by atoms with Gasteiger partial charge < -0.3 is 47.7 Å². The fraction of sp³-hybridized carbons (Fsp3) is 0.756. The first kappa shape index (κ1) is 52.5. The van der Waals surface area contributed by atoms with Crippen LogP contribution in [0, 0.1) is 11.8 Å². The molecular formula is C45H72O15. The lowest BCUT2D eigenvalue weighted by atomic mass is 10.0. The summed E-state index contributed by atoms with van der Waals surface area (Å²) >= 11 is 0. The molecule has 0 unspecified atom stereocenters. The SMILES string of the molecule is CCCCO[C@H]1CCOC[C@H](CC(=O)OC(C)(C)C)C(=O)O[C@@H](C)[C@@H]1O.CCCCO[C@H]1CCOC[C@H](CC(=O)OC(C)(C)C)C(=O)O[C@@H](C)[C@@H]1OC(=O)c1ccccc1. The van der Waals surface area contributed by atoms with Crippen LogP contribution in [0.5, 0.6) is 0 Å². The van der Waals surface area contributed by atoms with Gasteiger partial charge >= 0.3 is 29.8 Å². The van der Waals surface area contributed by atoms with Gasteiger partial charge in [-0.2, -0.15) is 0 Å². The molecule has 0 saturated carbocycles. The van der Waals surface area contributed by atoms with Crippen LogP contribution in [0.2, 0.25) is 0 Å². The maximum atomic E-state index is 12.9. The van der Waals surface area contributed by atoms with Crippen molar-refractivity contribution in [2.75, 3.05) is 39.6 Å². The Bertz CT molecular complexity index is 1440. The number of ether oxygens (including phenoxy) is 9. The van der Waals surface area contributed by atoms with Gasteiger partial charge in [-0.15, -0.1) is 0 Å². The highest BCUT2D eigenvalue weighted by molar-refractivity contribution is 5.89. The molecule has 1 aromatic carbocycles. The maximum Gasteiger partial charge on any atom is 0.338 e. The summed E-state index contributed by atoms with van der Waals surface area (Å²) in [6, 6.07) is 8.62. The summed E-state index contributed by atoms with van der Waals surface area (Å²) in [5, 5.41) is 10.4. The van der Waals surface area contributed by atoms with Gasteiger partial charge in [-0.1, -0.05) is 44.9 Å². The van der Waals surface area contributed by atoms with Gasteiger partial charge in [-0.05, 0) is 86.8 Å². The second kappa shape index (κ2) is 26.6. The smallest absolute Gasteiger partial charge is 0.338 e. The first-order valence-corrected chi connectivity index (χ1v) is 21.4. The van der Waals surface area contributed by atoms with Crippen molar-refractivity contribution >= 4 is 29.8 Å². The molecule has 2 aliphatic heterocycles. The zero-order chi connectivity index (χ0) is 44.9. The Hall–Kier alpha value is -3.63. The molecule has 1 aromatic rings. The Morgan fingerprint density at radius 2 is 1.15 bits per heavy atom. The monoisotopic (exact) mass is 852 g/mol. The fourth-order valence-corrected chi connectivity index (χ4v) is 6.13. The van der Waals surface area contributed by atoms with Gasteiger partial charge in [0.25, 0.3) is 0 Å². The molecule has 3 rings (SSSR count). The van der Waals surface area contributed by atoms with Crippen molar-refractivity contribution in [3.8, 4) is 0 Å². The molecule has 0 radical (unpaired) electrons. The summed E-state index contributed by atoms with van der Waals surface area (Å²) in [5.74, 6) is -4.26.